The number of carbonyl (C=O) groups is 1. The van der Waals surface area contributed by atoms with Gasteiger partial charge < -0.3 is 20.0 Å². The lowest BCUT2D eigenvalue weighted by Gasteiger charge is -2.19. The van der Waals surface area contributed by atoms with Crippen LogP contribution in [0.4, 0.5) is 5.69 Å². The Morgan fingerprint density at radius 1 is 1.58 bits per heavy atom. The molecule has 19 heavy (non-hydrogen) atoms. The molecular weight excluding hydrogens is 244 g/mol. The number of nitrogens with zero attached hydrogens (tertiary/aromatic N) is 2. The molecule has 2 rings (SSSR count). The summed E-state index contributed by atoms with van der Waals surface area (Å²) in [6.07, 6.45) is 3.38. The molecule has 2 heterocycles. The highest BCUT2D eigenvalue weighted by atomic mass is 16.3. The number of hydrogen-bond acceptors (Lipinski definition) is 4. The summed E-state index contributed by atoms with van der Waals surface area (Å²) in [4.78, 5) is 16.6. The largest absolute Gasteiger partial charge is 0.467 e. The highest BCUT2D eigenvalue weighted by Gasteiger charge is 2.18. The van der Waals surface area contributed by atoms with Crippen molar-refractivity contribution in [3.8, 4) is 6.07 Å². The molecule has 2 aromatic heterocycles. The van der Waals surface area contributed by atoms with Gasteiger partial charge in [-0.15, -0.1) is 0 Å². The van der Waals surface area contributed by atoms with E-state index < -0.39 is 0 Å². The number of hydrogen-bond donors (Lipinski definition) is 2. The van der Waals surface area contributed by atoms with Crippen molar-refractivity contribution >= 4 is 11.6 Å². The Balaban J connectivity index is 2.12. The number of carbonyl (C=O) groups excluding carboxylic acids is 1. The highest BCUT2D eigenvalue weighted by molar-refractivity contribution is 5.93. The summed E-state index contributed by atoms with van der Waals surface area (Å²) in [5.74, 6) is 0.467. The fraction of sp³-hybridized carbons (Fsp3) is 0.231. The molecule has 0 unspecified atom stereocenters. The van der Waals surface area contributed by atoms with Gasteiger partial charge in [0, 0.05) is 18.4 Å². The van der Waals surface area contributed by atoms with E-state index in [1.165, 1.54) is 0 Å². The topological polar surface area (TPSA) is 99.1 Å². The van der Waals surface area contributed by atoms with Gasteiger partial charge in [0.1, 0.15) is 11.5 Å². The van der Waals surface area contributed by atoms with E-state index in [9.17, 15) is 4.79 Å². The van der Waals surface area contributed by atoms with Crippen molar-refractivity contribution in [1.82, 2.24) is 9.88 Å². The van der Waals surface area contributed by atoms with Crippen LogP contribution < -0.4 is 5.73 Å². The maximum atomic E-state index is 12.3. The first-order chi connectivity index (χ1) is 9.20. The zero-order valence-corrected chi connectivity index (χ0v) is 10.3. The molecule has 0 saturated carbocycles. The first kappa shape index (κ1) is 12.8. The molecule has 0 spiro atoms. The first-order valence-corrected chi connectivity index (χ1v) is 5.83. The predicted molar refractivity (Wildman–Crippen MR) is 68.9 cm³/mol. The molecule has 0 fully saturated rings. The van der Waals surface area contributed by atoms with Crippen molar-refractivity contribution in [3.63, 3.8) is 0 Å². The van der Waals surface area contributed by atoms with E-state index in [1.807, 2.05) is 6.07 Å². The van der Waals surface area contributed by atoms with Crippen LogP contribution in [0.2, 0.25) is 0 Å². The molecule has 2 aromatic rings. The summed E-state index contributed by atoms with van der Waals surface area (Å²) >= 11 is 0. The van der Waals surface area contributed by atoms with Crippen LogP contribution in [0.15, 0.2) is 35.1 Å². The second kappa shape index (κ2) is 5.78. The molecule has 6 nitrogen and oxygen atoms in total. The molecular formula is C13H14N4O2. The zero-order valence-electron chi connectivity index (χ0n) is 10.3. The summed E-state index contributed by atoms with van der Waals surface area (Å²) in [5.41, 5.74) is 6.49. The van der Waals surface area contributed by atoms with E-state index >= 15 is 0 Å². The summed E-state index contributed by atoms with van der Waals surface area (Å²) < 4.78 is 5.22. The van der Waals surface area contributed by atoms with Crippen LogP contribution >= 0.6 is 0 Å². The first-order valence-electron chi connectivity index (χ1n) is 5.83. The van der Waals surface area contributed by atoms with Crippen molar-refractivity contribution in [1.29, 1.82) is 5.26 Å². The number of amides is 1. The molecule has 0 aromatic carbocycles. The van der Waals surface area contributed by atoms with Crippen LogP contribution in [0.1, 0.15) is 22.7 Å². The summed E-state index contributed by atoms with van der Waals surface area (Å²) in [6.45, 7) is 0.668. The highest BCUT2D eigenvalue weighted by Crippen LogP contribution is 2.12. The molecule has 0 aliphatic heterocycles. The molecule has 0 aliphatic carbocycles. The minimum atomic E-state index is -0.205. The third kappa shape index (κ3) is 3.16. The second-order valence-corrected chi connectivity index (χ2v) is 4.06. The lowest BCUT2D eigenvalue weighted by atomic mass is 10.3. The van der Waals surface area contributed by atoms with Crippen molar-refractivity contribution in [2.24, 2.45) is 0 Å². The minimum absolute atomic E-state index is 0.205. The van der Waals surface area contributed by atoms with Gasteiger partial charge in [0.15, 0.2) is 0 Å². The zero-order chi connectivity index (χ0) is 13.7. The number of nitriles is 1. The van der Waals surface area contributed by atoms with Crippen molar-refractivity contribution in [2.45, 2.75) is 13.0 Å². The smallest absolute Gasteiger partial charge is 0.270 e. The van der Waals surface area contributed by atoms with E-state index in [2.05, 4.69) is 4.98 Å². The molecule has 3 N–H and O–H groups in total. The number of aromatic amines is 1. The maximum absolute atomic E-state index is 12.3. The second-order valence-electron chi connectivity index (χ2n) is 4.06. The van der Waals surface area contributed by atoms with Crippen LogP contribution in [-0.4, -0.2) is 22.3 Å². The monoisotopic (exact) mass is 258 g/mol. The van der Waals surface area contributed by atoms with E-state index in [0.717, 1.165) is 0 Å². The van der Waals surface area contributed by atoms with Crippen LogP contribution in [0.3, 0.4) is 0 Å². The fourth-order valence-corrected chi connectivity index (χ4v) is 1.73. The minimum Gasteiger partial charge on any atom is -0.467 e. The van der Waals surface area contributed by atoms with E-state index in [-0.39, 0.29) is 12.3 Å². The molecule has 98 valence electrons. The van der Waals surface area contributed by atoms with Gasteiger partial charge in [-0.1, -0.05) is 0 Å². The SMILES string of the molecule is N#CCCN(Cc1ccco1)C(=O)c1cc(N)c[nH]1. The molecule has 0 bridgehead atoms. The molecule has 6 heteroatoms. The molecule has 0 saturated heterocycles. The van der Waals surface area contributed by atoms with E-state index in [0.29, 0.717) is 30.2 Å². The van der Waals surface area contributed by atoms with Gasteiger partial charge in [0.2, 0.25) is 0 Å². The Bertz CT molecular complexity index is 580. The average molecular weight is 258 g/mol. The van der Waals surface area contributed by atoms with Gasteiger partial charge in [-0.2, -0.15) is 5.26 Å². The molecule has 0 atom stereocenters. The Labute approximate surface area is 110 Å². The van der Waals surface area contributed by atoms with E-state index in [4.69, 9.17) is 15.4 Å². The molecule has 1 amide bonds. The Hall–Kier alpha value is -2.68. The Morgan fingerprint density at radius 2 is 2.42 bits per heavy atom. The van der Waals surface area contributed by atoms with Gasteiger partial charge in [0.25, 0.3) is 5.91 Å². The third-order valence-corrected chi connectivity index (χ3v) is 2.64. The summed E-state index contributed by atoms with van der Waals surface area (Å²) in [5, 5.41) is 8.66. The third-order valence-electron chi connectivity index (χ3n) is 2.64. The van der Waals surface area contributed by atoms with Crippen molar-refractivity contribution in [2.75, 3.05) is 12.3 Å². The number of nitrogens with two attached hydrogens (primary N) is 1. The normalized spacial score (nSPS) is 10.1. The number of nitrogen functional groups attached to an aromatic ring is 1. The average Bonchev–Trinajstić information content (AvgIpc) is 3.05. The van der Waals surface area contributed by atoms with Crippen molar-refractivity contribution in [3.05, 3.63) is 42.1 Å². The maximum Gasteiger partial charge on any atom is 0.270 e. The van der Waals surface area contributed by atoms with Gasteiger partial charge in [-0.3, -0.25) is 4.79 Å². The number of furan rings is 1. The van der Waals surface area contributed by atoms with Gasteiger partial charge in [-0.05, 0) is 18.2 Å². The Kier molecular flexibility index (Phi) is 3.88. The van der Waals surface area contributed by atoms with Crippen LogP contribution in [0, 0.1) is 11.3 Å². The van der Waals surface area contributed by atoms with Gasteiger partial charge in [0.05, 0.1) is 25.3 Å². The van der Waals surface area contributed by atoms with E-state index in [1.54, 1.807) is 35.6 Å². The summed E-state index contributed by atoms with van der Waals surface area (Å²) in [6, 6.07) is 7.15. The standard InChI is InChI=1S/C13H14N4O2/c14-4-2-5-17(9-11-3-1-6-19-11)13(18)12-7-10(15)8-16-12/h1,3,6-8,16H,2,5,9,15H2. The van der Waals surface area contributed by atoms with Crippen LogP contribution in [0.25, 0.3) is 0 Å². The van der Waals surface area contributed by atoms with Gasteiger partial charge in [-0.25, -0.2) is 0 Å². The molecule has 0 radical (unpaired) electrons. The van der Waals surface area contributed by atoms with Gasteiger partial charge >= 0.3 is 0 Å². The predicted octanol–water partition coefficient (Wildman–Crippen LogP) is 1.75. The number of anilines is 1. The lowest BCUT2D eigenvalue weighted by Crippen LogP contribution is -2.31. The van der Waals surface area contributed by atoms with Crippen LogP contribution in [-0.2, 0) is 6.54 Å². The quantitative estimate of drug-likeness (QED) is 0.853. The Morgan fingerprint density at radius 3 is 3.00 bits per heavy atom. The number of rotatable bonds is 5. The number of aromatic nitrogens is 1. The number of nitrogens with one attached hydrogen (secondary N) is 1. The summed E-state index contributed by atoms with van der Waals surface area (Å²) in [7, 11) is 0. The van der Waals surface area contributed by atoms with Crippen LogP contribution in [0.5, 0.6) is 0 Å². The number of H-pyrrole nitrogens is 1. The van der Waals surface area contributed by atoms with Crippen molar-refractivity contribution < 1.29 is 9.21 Å². The fourth-order valence-electron chi connectivity index (χ4n) is 1.73. The lowest BCUT2D eigenvalue weighted by molar-refractivity contribution is 0.0730. The molecule has 0 aliphatic rings.